The second-order valence-corrected chi connectivity index (χ2v) is 14.5. The zero-order chi connectivity index (χ0) is 33.8. The molecule has 4 aromatic rings. The first kappa shape index (κ1) is 33.7. The zero-order valence-corrected chi connectivity index (χ0v) is 28.9. The van der Waals surface area contributed by atoms with Crippen LogP contribution in [0.2, 0.25) is 0 Å². The Morgan fingerprint density at radius 2 is 1.60 bits per heavy atom. The number of rotatable bonds is 13. The van der Waals surface area contributed by atoms with Crippen molar-refractivity contribution in [1.82, 2.24) is 14.5 Å². The van der Waals surface area contributed by atoms with E-state index < -0.39 is 16.1 Å². The predicted molar refractivity (Wildman–Crippen MR) is 187 cm³/mol. The van der Waals surface area contributed by atoms with Crippen LogP contribution in [0.25, 0.3) is 0 Å². The van der Waals surface area contributed by atoms with Crippen molar-refractivity contribution >= 4 is 38.9 Å². The van der Waals surface area contributed by atoms with Crippen LogP contribution in [0.1, 0.15) is 63.7 Å². The fraction of sp³-hybridized carbons (Fsp3) is 0.333. The van der Waals surface area contributed by atoms with Gasteiger partial charge in [-0.1, -0.05) is 42.5 Å². The molecule has 0 spiro atoms. The Hall–Kier alpha value is -4.23. The van der Waals surface area contributed by atoms with E-state index in [0.717, 1.165) is 31.9 Å². The largest absolute Gasteiger partial charge is 0.493 e. The number of imide groups is 1. The van der Waals surface area contributed by atoms with Gasteiger partial charge < -0.3 is 14.4 Å². The minimum absolute atomic E-state index is 0.141. The molecule has 0 aliphatic carbocycles. The highest BCUT2D eigenvalue weighted by Gasteiger charge is 2.43. The second kappa shape index (κ2) is 14.5. The summed E-state index contributed by atoms with van der Waals surface area (Å²) in [5.41, 5.74) is 3.50. The molecule has 12 heteroatoms. The van der Waals surface area contributed by atoms with Crippen LogP contribution in [-0.2, 0) is 10.0 Å². The normalized spacial score (nSPS) is 16.6. The maximum absolute atomic E-state index is 14.4. The van der Waals surface area contributed by atoms with Crippen LogP contribution in [0.15, 0.2) is 88.5 Å². The molecule has 2 amide bonds. The highest BCUT2D eigenvalue weighted by Crippen LogP contribution is 2.40. The third kappa shape index (κ3) is 6.70. The fourth-order valence-corrected chi connectivity index (χ4v) is 8.72. The minimum atomic E-state index is -3.66. The molecule has 48 heavy (non-hydrogen) atoms. The van der Waals surface area contributed by atoms with E-state index >= 15 is 0 Å². The van der Waals surface area contributed by atoms with Gasteiger partial charge in [-0.15, -0.1) is 0 Å². The van der Waals surface area contributed by atoms with E-state index in [1.807, 2.05) is 24.3 Å². The predicted octanol–water partition coefficient (Wildman–Crippen LogP) is 5.74. The molecule has 1 aromatic heterocycles. The molecule has 6 rings (SSSR count). The average Bonchev–Trinajstić information content (AvgIpc) is 3.76. The summed E-state index contributed by atoms with van der Waals surface area (Å²) in [5.74, 6) is 0.267. The molecule has 1 N–H and O–H groups in total. The summed E-state index contributed by atoms with van der Waals surface area (Å²) in [6.45, 7) is 5.44. The molecular weight excluding hydrogens is 649 g/mol. The number of nitrogens with one attached hydrogen (secondary N) is 1. The number of hydrogen-bond donors (Lipinski definition) is 1. The quantitative estimate of drug-likeness (QED) is 0.140. The van der Waals surface area contributed by atoms with Crippen LogP contribution < -0.4 is 19.1 Å². The average molecular weight is 689 g/mol. The molecule has 252 valence electrons. The maximum Gasteiger partial charge on any atom is 0.264 e. The van der Waals surface area contributed by atoms with Crippen molar-refractivity contribution in [3.8, 4) is 11.5 Å². The Morgan fingerprint density at radius 1 is 0.854 bits per heavy atom. The molecule has 0 bridgehead atoms. The lowest BCUT2D eigenvalue weighted by molar-refractivity contribution is 0.0572. The number of nitrogens with zero attached hydrogens (tertiary/aromatic N) is 3. The zero-order valence-electron chi connectivity index (χ0n) is 27.3. The minimum Gasteiger partial charge on any atom is -0.493 e. The van der Waals surface area contributed by atoms with E-state index in [0.29, 0.717) is 41.0 Å². The van der Waals surface area contributed by atoms with Gasteiger partial charge in [-0.3, -0.25) is 19.4 Å². The number of amides is 2. The van der Waals surface area contributed by atoms with Crippen molar-refractivity contribution in [2.45, 2.75) is 36.7 Å². The van der Waals surface area contributed by atoms with E-state index in [1.54, 1.807) is 42.1 Å². The van der Waals surface area contributed by atoms with Crippen LogP contribution in [0.4, 0.5) is 5.69 Å². The molecule has 0 radical (unpaired) electrons. The highest BCUT2D eigenvalue weighted by molar-refractivity contribution is 7.89. The molecule has 2 aliphatic rings. The number of ether oxygens (including phenoxy) is 2. The number of hydrogen-bond acceptors (Lipinski definition) is 9. The number of thiophene rings is 1. The van der Waals surface area contributed by atoms with Gasteiger partial charge in [0.05, 0.1) is 42.0 Å². The Balaban J connectivity index is 1.24. The summed E-state index contributed by atoms with van der Waals surface area (Å²) in [6.07, 6.45) is 0.711. The van der Waals surface area contributed by atoms with E-state index in [-0.39, 0.29) is 29.3 Å². The Kier molecular flexibility index (Phi) is 10.2. The van der Waals surface area contributed by atoms with Crippen molar-refractivity contribution < 1.29 is 27.5 Å². The third-order valence-electron chi connectivity index (χ3n) is 9.26. The molecule has 1 saturated heterocycles. The molecule has 2 unspecified atom stereocenters. The number of sulfonamides is 1. The van der Waals surface area contributed by atoms with Gasteiger partial charge in [-0.25, -0.2) is 13.1 Å². The Morgan fingerprint density at radius 3 is 2.29 bits per heavy atom. The van der Waals surface area contributed by atoms with Crippen molar-refractivity contribution in [3.05, 3.63) is 106 Å². The summed E-state index contributed by atoms with van der Waals surface area (Å²) in [7, 11) is -0.583. The van der Waals surface area contributed by atoms with Gasteiger partial charge in [0.15, 0.2) is 11.5 Å². The Labute approximate surface area is 285 Å². The Bertz CT molecular complexity index is 1860. The third-order valence-corrected chi connectivity index (χ3v) is 11.6. The van der Waals surface area contributed by atoms with Gasteiger partial charge >= 0.3 is 0 Å². The molecule has 1 fully saturated rings. The number of anilines is 1. The van der Waals surface area contributed by atoms with E-state index in [1.165, 1.54) is 28.9 Å². The lowest BCUT2D eigenvalue weighted by atomic mass is 9.99. The van der Waals surface area contributed by atoms with Crippen molar-refractivity contribution in [2.24, 2.45) is 0 Å². The summed E-state index contributed by atoms with van der Waals surface area (Å²) in [4.78, 5) is 34.6. The van der Waals surface area contributed by atoms with E-state index in [9.17, 15) is 18.0 Å². The molecule has 3 heterocycles. The van der Waals surface area contributed by atoms with Crippen LogP contribution >= 0.6 is 11.3 Å². The molecule has 2 atom stereocenters. The monoisotopic (exact) mass is 688 g/mol. The van der Waals surface area contributed by atoms with Crippen LogP contribution in [-0.4, -0.2) is 77.0 Å². The summed E-state index contributed by atoms with van der Waals surface area (Å²) < 4.78 is 39.1. The van der Waals surface area contributed by atoms with Gasteiger partial charge in [-0.05, 0) is 66.6 Å². The number of methoxy groups -OCH3 is 2. The molecule has 10 nitrogen and oxygen atoms in total. The fourth-order valence-electron chi connectivity index (χ4n) is 6.62. The summed E-state index contributed by atoms with van der Waals surface area (Å²) >= 11 is 1.31. The number of piperazine rings is 1. The highest BCUT2D eigenvalue weighted by atomic mass is 32.2. The van der Waals surface area contributed by atoms with Gasteiger partial charge in [0.25, 0.3) is 11.8 Å². The van der Waals surface area contributed by atoms with E-state index in [2.05, 4.69) is 45.7 Å². The van der Waals surface area contributed by atoms with Gasteiger partial charge in [0.2, 0.25) is 10.0 Å². The first-order chi connectivity index (χ1) is 23.2. The van der Waals surface area contributed by atoms with E-state index in [4.69, 9.17) is 9.47 Å². The summed E-state index contributed by atoms with van der Waals surface area (Å²) in [6, 6.07) is 22.4. The topological polar surface area (TPSA) is 108 Å². The SMILES string of the molecule is COc1ccc(C(CCCNS(=O)(=O)c2ccsc2)N2C(=O)c3cccc(N4CCN(C(C)c5ccccc5)CC4)c3C2=O)cc1OC. The number of carbonyl (C=O) groups excluding carboxylic acids is 2. The van der Waals surface area contributed by atoms with Crippen molar-refractivity contribution in [1.29, 1.82) is 0 Å². The standard InChI is InChI=1S/C36H40N4O6S2/c1-25(26-9-5-4-6-10-26)38-18-20-39(21-19-38)31-12-7-11-29-34(31)36(42)40(35(29)41)30(27-14-15-32(45-2)33(23-27)46-3)13-8-17-37-48(43,44)28-16-22-47-24-28/h4-7,9-12,14-16,22-25,30,37H,8,13,17-21H2,1-3H3. The molecular formula is C36H40N4O6S2. The lowest BCUT2D eigenvalue weighted by Gasteiger charge is -2.39. The molecule has 0 saturated carbocycles. The first-order valence-corrected chi connectivity index (χ1v) is 18.4. The summed E-state index contributed by atoms with van der Waals surface area (Å²) in [5, 5.41) is 3.29. The number of carbonyl (C=O) groups is 2. The van der Waals surface area contributed by atoms with Gasteiger partial charge in [0.1, 0.15) is 0 Å². The number of benzene rings is 3. The smallest absolute Gasteiger partial charge is 0.264 e. The van der Waals surface area contributed by atoms with Crippen molar-refractivity contribution in [2.75, 3.05) is 51.8 Å². The first-order valence-electron chi connectivity index (χ1n) is 16.0. The lowest BCUT2D eigenvalue weighted by Crippen LogP contribution is -2.47. The van der Waals surface area contributed by atoms with Crippen LogP contribution in [0.5, 0.6) is 11.5 Å². The van der Waals surface area contributed by atoms with Crippen LogP contribution in [0.3, 0.4) is 0 Å². The van der Waals surface area contributed by atoms with Crippen LogP contribution in [0, 0.1) is 0 Å². The van der Waals surface area contributed by atoms with Gasteiger partial charge in [0, 0.05) is 44.1 Å². The second-order valence-electron chi connectivity index (χ2n) is 11.9. The molecule has 2 aliphatic heterocycles. The molecule has 3 aromatic carbocycles. The number of fused-ring (bicyclic) bond motifs is 1. The van der Waals surface area contributed by atoms with Crippen molar-refractivity contribution in [3.63, 3.8) is 0 Å². The van der Waals surface area contributed by atoms with Gasteiger partial charge in [-0.2, -0.15) is 11.3 Å². The maximum atomic E-state index is 14.4.